The zero-order valence-corrected chi connectivity index (χ0v) is 17.4. The van der Waals surface area contributed by atoms with Crippen LogP contribution in [0.5, 0.6) is 0 Å². The first-order valence-corrected chi connectivity index (χ1v) is 11.5. The van der Waals surface area contributed by atoms with Gasteiger partial charge in [0, 0.05) is 17.3 Å². The fraction of sp³-hybridized carbons (Fsp3) is 0.350. The van der Waals surface area contributed by atoms with E-state index in [-0.39, 0.29) is 16.8 Å². The number of sulfonamides is 1. The summed E-state index contributed by atoms with van der Waals surface area (Å²) in [6.07, 6.45) is 4.37. The van der Waals surface area contributed by atoms with Crippen LogP contribution in [0.3, 0.4) is 0 Å². The van der Waals surface area contributed by atoms with Gasteiger partial charge in [-0.1, -0.05) is 19.3 Å². The van der Waals surface area contributed by atoms with Gasteiger partial charge in [0.2, 0.25) is 11.9 Å². The second-order valence-corrected chi connectivity index (χ2v) is 9.70. The molecule has 0 bridgehead atoms. The number of aliphatic hydroxyl groups excluding tert-OH is 1. The summed E-state index contributed by atoms with van der Waals surface area (Å²) in [6.45, 7) is 0. The van der Waals surface area contributed by atoms with Gasteiger partial charge < -0.3 is 20.7 Å². The van der Waals surface area contributed by atoms with Gasteiger partial charge >= 0.3 is 0 Å². The van der Waals surface area contributed by atoms with Crippen LogP contribution in [-0.4, -0.2) is 34.0 Å². The molecule has 1 fully saturated rings. The molecule has 2 aromatic heterocycles. The van der Waals surface area contributed by atoms with Gasteiger partial charge in [-0.2, -0.15) is 4.98 Å². The Kier molecular flexibility index (Phi) is 4.41. The lowest BCUT2D eigenvalue weighted by Crippen LogP contribution is -2.55. The molecule has 1 aromatic carbocycles. The summed E-state index contributed by atoms with van der Waals surface area (Å²) in [7, 11) is -3.93. The van der Waals surface area contributed by atoms with Crippen LogP contribution >= 0.6 is 0 Å². The maximum absolute atomic E-state index is 13.0. The second kappa shape index (κ2) is 6.92. The van der Waals surface area contributed by atoms with Crippen molar-refractivity contribution >= 4 is 38.6 Å². The first kappa shape index (κ1) is 19.8. The summed E-state index contributed by atoms with van der Waals surface area (Å²) in [4.78, 5) is 21.6. The SMILES string of the molecule is Nc1ccc(S(=O)(=O)Nc2ncc3cc4n(c3n2)C2(CCCCC2)C(=O)NC4O)cc1. The quantitative estimate of drug-likeness (QED) is 0.449. The Labute approximate surface area is 178 Å². The van der Waals surface area contributed by atoms with E-state index in [0.29, 0.717) is 35.3 Å². The standard InChI is InChI=1S/C20H22N6O4S/c21-13-4-6-14(7-5-13)31(29,30)25-19-22-11-12-10-15-17(27)24-18(28)20(8-2-1-3-9-20)26(15)16(12)23-19/h4-7,10-11,17,27H,1-3,8-9,21H2,(H,24,28)(H,22,23,25). The van der Waals surface area contributed by atoms with Gasteiger partial charge in [-0.15, -0.1) is 0 Å². The number of nitrogens with one attached hydrogen (secondary N) is 2. The summed E-state index contributed by atoms with van der Waals surface area (Å²) < 4.78 is 29.6. The highest BCUT2D eigenvalue weighted by atomic mass is 32.2. The molecule has 3 aromatic rings. The molecular weight excluding hydrogens is 420 g/mol. The predicted octanol–water partition coefficient (Wildman–Crippen LogP) is 1.59. The van der Waals surface area contributed by atoms with Gasteiger partial charge in [0.15, 0.2) is 6.23 Å². The zero-order chi connectivity index (χ0) is 21.8. The van der Waals surface area contributed by atoms with Crippen molar-refractivity contribution < 1.29 is 18.3 Å². The third-order valence-corrected chi connectivity index (χ3v) is 7.41. The van der Waals surface area contributed by atoms with E-state index in [2.05, 4.69) is 20.0 Å². The molecule has 11 heteroatoms. The molecule has 3 heterocycles. The molecular formula is C20H22N6O4S. The number of fused-ring (bicyclic) bond motifs is 4. The smallest absolute Gasteiger partial charge is 0.264 e. The van der Waals surface area contributed by atoms with Crippen molar-refractivity contribution in [2.75, 3.05) is 10.5 Å². The van der Waals surface area contributed by atoms with E-state index < -0.39 is 21.8 Å². The monoisotopic (exact) mass is 442 g/mol. The van der Waals surface area contributed by atoms with E-state index in [1.807, 2.05) is 0 Å². The molecule has 10 nitrogen and oxygen atoms in total. The third kappa shape index (κ3) is 3.12. The number of aliphatic hydroxyl groups is 1. The maximum Gasteiger partial charge on any atom is 0.264 e. The Morgan fingerprint density at radius 3 is 2.61 bits per heavy atom. The molecule has 1 spiro atoms. The number of rotatable bonds is 3. The van der Waals surface area contributed by atoms with Crippen molar-refractivity contribution in [3.63, 3.8) is 0 Å². The minimum atomic E-state index is -3.93. The number of hydrogen-bond acceptors (Lipinski definition) is 7. The number of nitrogens with zero attached hydrogens (tertiary/aromatic N) is 3. The Hall–Kier alpha value is -3.18. The molecule has 162 valence electrons. The van der Waals surface area contributed by atoms with Crippen molar-refractivity contribution in [3.05, 3.63) is 42.2 Å². The fourth-order valence-corrected chi connectivity index (χ4v) is 5.51. The molecule has 1 atom stereocenters. The molecule has 0 radical (unpaired) electrons. The van der Waals surface area contributed by atoms with Crippen LogP contribution in [0.1, 0.15) is 44.0 Å². The molecule has 5 N–H and O–H groups in total. The second-order valence-electron chi connectivity index (χ2n) is 8.02. The maximum atomic E-state index is 13.0. The van der Waals surface area contributed by atoms with Gasteiger partial charge in [-0.25, -0.2) is 18.1 Å². The van der Waals surface area contributed by atoms with Gasteiger partial charge in [0.1, 0.15) is 11.2 Å². The lowest BCUT2D eigenvalue weighted by molar-refractivity contribution is -0.138. The number of nitrogen functional groups attached to an aromatic ring is 1. The molecule has 31 heavy (non-hydrogen) atoms. The average Bonchev–Trinajstić information content (AvgIpc) is 3.13. The number of carbonyl (C=O) groups is 1. The average molecular weight is 443 g/mol. The zero-order valence-electron chi connectivity index (χ0n) is 16.6. The molecule has 1 saturated carbocycles. The lowest BCUT2D eigenvalue weighted by atomic mass is 9.79. The van der Waals surface area contributed by atoms with Crippen LogP contribution in [0.2, 0.25) is 0 Å². The number of anilines is 2. The fourth-order valence-electron chi connectivity index (χ4n) is 4.56. The summed E-state index contributed by atoms with van der Waals surface area (Å²) in [6, 6.07) is 7.51. The van der Waals surface area contributed by atoms with Gasteiger partial charge in [-0.3, -0.25) is 4.79 Å². The molecule has 2 aliphatic rings. The largest absolute Gasteiger partial charge is 0.399 e. The van der Waals surface area contributed by atoms with Crippen LogP contribution in [-0.2, 0) is 20.4 Å². The molecule has 1 amide bonds. The predicted molar refractivity (Wildman–Crippen MR) is 113 cm³/mol. The van der Waals surface area contributed by atoms with Crippen molar-refractivity contribution in [3.8, 4) is 0 Å². The van der Waals surface area contributed by atoms with E-state index in [1.165, 1.54) is 30.5 Å². The van der Waals surface area contributed by atoms with Crippen molar-refractivity contribution in [2.45, 2.75) is 48.8 Å². The highest BCUT2D eigenvalue weighted by Crippen LogP contribution is 2.42. The summed E-state index contributed by atoms with van der Waals surface area (Å²) >= 11 is 0. The van der Waals surface area contributed by atoms with Crippen LogP contribution in [0.4, 0.5) is 11.6 Å². The third-order valence-electron chi connectivity index (χ3n) is 6.06. The van der Waals surface area contributed by atoms with Crippen LogP contribution in [0.15, 0.2) is 41.4 Å². The number of carbonyl (C=O) groups excluding carboxylic acids is 1. The first-order chi connectivity index (χ1) is 14.8. The van der Waals surface area contributed by atoms with Crippen LogP contribution < -0.4 is 15.8 Å². The van der Waals surface area contributed by atoms with Crippen molar-refractivity contribution in [2.24, 2.45) is 0 Å². The Balaban J connectivity index is 1.61. The first-order valence-electron chi connectivity index (χ1n) is 10.1. The minimum Gasteiger partial charge on any atom is -0.399 e. The van der Waals surface area contributed by atoms with Crippen LogP contribution in [0, 0.1) is 0 Å². The minimum absolute atomic E-state index is 0.0288. The molecule has 1 aliphatic heterocycles. The summed E-state index contributed by atoms with van der Waals surface area (Å²) in [5, 5.41) is 13.7. The number of amides is 1. The van der Waals surface area contributed by atoms with Crippen LogP contribution in [0.25, 0.3) is 11.0 Å². The van der Waals surface area contributed by atoms with Gasteiger partial charge in [-0.05, 0) is 43.2 Å². The molecule has 1 aliphatic carbocycles. The van der Waals surface area contributed by atoms with Gasteiger partial charge in [0.05, 0.1) is 10.6 Å². The van der Waals surface area contributed by atoms with E-state index in [9.17, 15) is 18.3 Å². The number of benzene rings is 1. The highest BCUT2D eigenvalue weighted by molar-refractivity contribution is 7.92. The highest BCUT2D eigenvalue weighted by Gasteiger charge is 2.48. The van der Waals surface area contributed by atoms with E-state index in [4.69, 9.17) is 5.73 Å². The molecule has 5 rings (SSSR count). The van der Waals surface area contributed by atoms with E-state index in [1.54, 1.807) is 10.6 Å². The van der Waals surface area contributed by atoms with Gasteiger partial charge in [0.25, 0.3) is 10.0 Å². The Morgan fingerprint density at radius 1 is 1.19 bits per heavy atom. The summed E-state index contributed by atoms with van der Waals surface area (Å²) in [5.41, 5.74) is 6.16. The Bertz CT molecular complexity index is 1280. The topological polar surface area (TPSA) is 152 Å². The lowest BCUT2D eigenvalue weighted by Gasteiger charge is -2.43. The van der Waals surface area contributed by atoms with Crippen molar-refractivity contribution in [1.82, 2.24) is 19.9 Å². The van der Waals surface area contributed by atoms with Crippen molar-refractivity contribution in [1.29, 1.82) is 0 Å². The Morgan fingerprint density at radius 2 is 1.90 bits per heavy atom. The number of hydrogen-bond donors (Lipinski definition) is 4. The van der Waals surface area contributed by atoms with E-state index >= 15 is 0 Å². The number of aromatic nitrogens is 3. The normalized spacial score (nSPS) is 20.4. The number of nitrogens with two attached hydrogens (primary N) is 1. The van der Waals surface area contributed by atoms with E-state index in [0.717, 1.165) is 19.3 Å². The summed E-state index contributed by atoms with van der Waals surface area (Å²) in [5.74, 6) is -0.357. The molecule has 0 saturated heterocycles. The molecule has 1 unspecified atom stereocenters.